The standard InChI is InChI=1S/C14H16F5NOS/c1-7(5-14(2,3)22-4)20-21-6-8-9(15)11(17)13(19)12(18)10(8)16/h5-6H2,1-4H3/b20-7-. The molecule has 0 spiro atoms. The van der Waals surface area contributed by atoms with Crippen molar-refractivity contribution in [2.24, 2.45) is 5.16 Å². The Morgan fingerprint density at radius 3 is 1.91 bits per heavy atom. The molecule has 0 aliphatic rings. The number of benzene rings is 1. The Morgan fingerprint density at radius 1 is 1.00 bits per heavy atom. The van der Waals surface area contributed by atoms with Crippen LogP contribution >= 0.6 is 11.8 Å². The van der Waals surface area contributed by atoms with Crippen LogP contribution in [0, 0.1) is 29.1 Å². The lowest BCUT2D eigenvalue weighted by Crippen LogP contribution is -2.18. The molecule has 1 aromatic rings. The molecule has 0 fully saturated rings. The number of halogens is 5. The van der Waals surface area contributed by atoms with E-state index in [1.54, 1.807) is 18.7 Å². The number of hydrogen-bond acceptors (Lipinski definition) is 3. The minimum Gasteiger partial charge on any atom is -0.391 e. The Bertz CT molecular complexity index is 560. The quantitative estimate of drug-likeness (QED) is 0.244. The fraction of sp³-hybridized carbons (Fsp3) is 0.500. The maximum Gasteiger partial charge on any atom is 0.200 e. The largest absolute Gasteiger partial charge is 0.391 e. The zero-order chi connectivity index (χ0) is 17.1. The highest BCUT2D eigenvalue weighted by molar-refractivity contribution is 7.99. The average Bonchev–Trinajstić information content (AvgIpc) is 2.46. The van der Waals surface area contributed by atoms with E-state index < -0.39 is 41.3 Å². The Labute approximate surface area is 129 Å². The van der Waals surface area contributed by atoms with Gasteiger partial charge in [0.2, 0.25) is 5.82 Å². The molecule has 0 saturated carbocycles. The van der Waals surface area contributed by atoms with E-state index >= 15 is 0 Å². The topological polar surface area (TPSA) is 21.6 Å². The summed E-state index contributed by atoms with van der Waals surface area (Å²) in [6.45, 7) is 4.75. The van der Waals surface area contributed by atoms with E-state index in [9.17, 15) is 22.0 Å². The Balaban J connectivity index is 2.86. The first-order valence-corrected chi connectivity index (χ1v) is 7.54. The molecule has 0 N–H and O–H groups in total. The van der Waals surface area contributed by atoms with Crippen LogP contribution in [-0.2, 0) is 11.4 Å². The minimum absolute atomic E-state index is 0.110. The predicted molar refractivity (Wildman–Crippen MR) is 76.3 cm³/mol. The van der Waals surface area contributed by atoms with E-state index in [0.717, 1.165) is 0 Å². The monoisotopic (exact) mass is 341 g/mol. The fourth-order valence-corrected chi connectivity index (χ4v) is 2.06. The SMILES string of the molecule is CSC(C)(C)C/C(C)=N\OCc1c(F)c(F)c(F)c(F)c1F. The molecule has 8 heteroatoms. The Hall–Kier alpha value is -1.31. The second kappa shape index (κ2) is 7.30. The molecule has 0 aliphatic carbocycles. The first kappa shape index (κ1) is 18.7. The molecule has 124 valence electrons. The summed E-state index contributed by atoms with van der Waals surface area (Å²) in [4.78, 5) is 4.73. The number of rotatable bonds is 6. The van der Waals surface area contributed by atoms with Crippen molar-refractivity contribution < 1.29 is 26.8 Å². The number of oxime groups is 1. The number of nitrogens with zero attached hydrogens (tertiary/aromatic N) is 1. The van der Waals surface area contributed by atoms with Crippen molar-refractivity contribution >= 4 is 17.5 Å². The summed E-state index contributed by atoms with van der Waals surface area (Å²) in [6, 6.07) is 0. The van der Waals surface area contributed by atoms with Crippen molar-refractivity contribution in [1.82, 2.24) is 0 Å². The lowest BCUT2D eigenvalue weighted by atomic mass is 10.1. The van der Waals surface area contributed by atoms with Gasteiger partial charge in [-0.3, -0.25) is 0 Å². The molecule has 0 bridgehead atoms. The van der Waals surface area contributed by atoms with Crippen LogP contribution in [0.1, 0.15) is 32.8 Å². The third-order valence-electron chi connectivity index (χ3n) is 2.96. The summed E-state index contributed by atoms with van der Waals surface area (Å²) in [5.74, 6) is -10.0. The molecule has 0 aliphatic heterocycles. The van der Waals surface area contributed by atoms with Crippen molar-refractivity contribution in [2.45, 2.75) is 38.5 Å². The van der Waals surface area contributed by atoms with Crippen molar-refractivity contribution in [1.29, 1.82) is 0 Å². The summed E-state index contributed by atoms with van der Waals surface area (Å²) in [5, 5.41) is 3.65. The van der Waals surface area contributed by atoms with Gasteiger partial charge in [0.1, 0.15) is 6.61 Å². The zero-order valence-corrected chi connectivity index (χ0v) is 13.4. The van der Waals surface area contributed by atoms with Gasteiger partial charge < -0.3 is 4.84 Å². The molecule has 0 amide bonds. The second-order valence-electron chi connectivity index (χ2n) is 5.29. The Kier molecular flexibility index (Phi) is 6.22. The van der Waals surface area contributed by atoms with Crippen molar-refractivity contribution in [3.8, 4) is 0 Å². The molecule has 1 aromatic carbocycles. The van der Waals surface area contributed by atoms with Gasteiger partial charge in [0.05, 0.1) is 11.3 Å². The van der Waals surface area contributed by atoms with E-state index in [1.807, 2.05) is 20.1 Å². The Morgan fingerprint density at radius 2 is 1.45 bits per heavy atom. The summed E-state index contributed by atoms with van der Waals surface area (Å²) in [6.07, 6.45) is 2.47. The zero-order valence-electron chi connectivity index (χ0n) is 12.6. The smallest absolute Gasteiger partial charge is 0.200 e. The molecule has 0 saturated heterocycles. The van der Waals surface area contributed by atoms with Gasteiger partial charge in [-0.2, -0.15) is 11.8 Å². The van der Waals surface area contributed by atoms with Gasteiger partial charge in [0.25, 0.3) is 0 Å². The molecular formula is C14H16F5NOS. The summed E-state index contributed by atoms with van der Waals surface area (Å²) >= 11 is 1.60. The normalized spacial score (nSPS) is 12.7. The molecule has 0 unspecified atom stereocenters. The molecule has 0 heterocycles. The molecule has 0 atom stereocenters. The van der Waals surface area contributed by atoms with Gasteiger partial charge in [-0.15, -0.1) is 0 Å². The van der Waals surface area contributed by atoms with Crippen LogP contribution in [-0.4, -0.2) is 16.7 Å². The van der Waals surface area contributed by atoms with E-state index in [4.69, 9.17) is 4.84 Å². The van der Waals surface area contributed by atoms with Gasteiger partial charge in [-0.25, -0.2) is 22.0 Å². The van der Waals surface area contributed by atoms with E-state index in [0.29, 0.717) is 12.1 Å². The van der Waals surface area contributed by atoms with Gasteiger partial charge in [-0.1, -0.05) is 19.0 Å². The van der Waals surface area contributed by atoms with Gasteiger partial charge in [-0.05, 0) is 13.2 Å². The third-order valence-corrected chi connectivity index (χ3v) is 4.21. The van der Waals surface area contributed by atoms with Crippen LogP contribution in [0.25, 0.3) is 0 Å². The van der Waals surface area contributed by atoms with Gasteiger partial charge in [0.15, 0.2) is 23.3 Å². The maximum atomic E-state index is 13.4. The molecule has 1 rings (SSSR count). The maximum absolute atomic E-state index is 13.4. The van der Waals surface area contributed by atoms with Crippen molar-refractivity contribution in [2.75, 3.05) is 6.26 Å². The van der Waals surface area contributed by atoms with Crippen molar-refractivity contribution in [3.63, 3.8) is 0 Å². The van der Waals surface area contributed by atoms with Crippen molar-refractivity contribution in [3.05, 3.63) is 34.6 Å². The fourth-order valence-electron chi connectivity index (χ4n) is 1.70. The molecular weight excluding hydrogens is 325 g/mol. The highest BCUT2D eigenvalue weighted by atomic mass is 32.2. The van der Waals surface area contributed by atoms with Gasteiger partial charge >= 0.3 is 0 Å². The van der Waals surface area contributed by atoms with Crippen LogP contribution in [0.2, 0.25) is 0 Å². The first-order chi connectivity index (χ1) is 10.1. The first-order valence-electron chi connectivity index (χ1n) is 6.31. The molecule has 2 nitrogen and oxygen atoms in total. The van der Waals surface area contributed by atoms with Crippen LogP contribution in [0.4, 0.5) is 22.0 Å². The third kappa shape index (κ3) is 4.34. The van der Waals surface area contributed by atoms with E-state index in [2.05, 4.69) is 5.16 Å². The second-order valence-corrected chi connectivity index (χ2v) is 6.80. The predicted octanol–water partition coefficient (Wildman–Crippen LogP) is 4.81. The van der Waals surface area contributed by atoms with Crippen LogP contribution in [0.3, 0.4) is 0 Å². The highest BCUT2D eigenvalue weighted by Gasteiger charge is 2.26. The lowest BCUT2D eigenvalue weighted by Gasteiger charge is -2.21. The highest BCUT2D eigenvalue weighted by Crippen LogP contribution is 2.26. The molecule has 0 radical (unpaired) electrons. The van der Waals surface area contributed by atoms with Gasteiger partial charge in [0, 0.05) is 11.2 Å². The molecule has 0 aromatic heterocycles. The summed E-state index contributed by atoms with van der Waals surface area (Å²) < 4.78 is 65.6. The van der Waals surface area contributed by atoms with E-state index in [1.165, 1.54) is 0 Å². The lowest BCUT2D eigenvalue weighted by molar-refractivity contribution is 0.122. The van der Waals surface area contributed by atoms with Crippen LogP contribution in [0.15, 0.2) is 5.16 Å². The number of hydrogen-bond donors (Lipinski definition) is 0. The minimum atomic E-state index is -2.19. The summed E-state index contributed by atoms with van der Waals surface area (Å²) in [7, 11) is 0. The average molecular weight is 341 g/mol. The van der Waals surface area contributed by atoms with Crippen LogP contribution < -0.4 is 0 Å². The summed E-state index contributed by atoms with van der Waals surface area (Å²) in [5.41, 5.74) is -0.500. The number of thioether (sulfide) groups is 1. The van der Waals surface area contributed by atoms with Crippen LogP contribution in [0.5, 0.6) is 0 Å². The molecule has 22 heavy (non-hydrogen) atoms. The van der Waals surface area contributed by atoms with E-state index in [-0.39, 0.29) is 4.75 Å².